The lowest BCUT2D eigenvalue weighted by Gasteiger charge is -2.13. The number of rotatable bonds is 1. The van der Waals surface area contributed by atoms with Crippen molar-refractivity contribution >= 4 is 33.2 Å². The lowest BCUT2D eigenvalue weighted by Crippen LogP contribution is -2.09. The van der Waals surface area contributed by atoms with E-state index in [1.807, 2.05) is 19.9 Å². The standard InChI is InChI=1S/C10H13BrN2O/c1-5-4-8(12)10(13-7(3)14)9(11)6(5)2/h4H,12H2,1-3H3,(H,13,14). The molecule has 0 radical (unpaired) electrons. The summed E-state index contributed by atoms with van der Waals surface area (Å²) in [6, 6.07) is 1.85. The second kappa shape index (κ2) is 4.00. The van der Waals surface area contributed by atoms with Crippen LogP contribution in [0.1, 0.15) is 18.1 Å². The minimum Gasteiger partial charge on any atom is -0.397 e. The highest BCUT2D eigenvalue weighted by Gasteiger charge is 2.10. The van der Waals surface area contributed by atoms with Gasteiger partial charge in [0.25, 0.3) is 0 Å². The van der Waals surface area contributed by atoms with Gasteiger partial charge in [0.2, 0.25) is 5.91 Å². The van der Waals surface area contributed by atoms with Gasteiger partial charge in [-0.15, -0.1) is 0 Å². The minimum atomic E-state index is -0.124. The first-order chi connectivity index (χ1) is 6.43. The number of nitrogens with one attached hydrogen (secondary N) is 1. The summed E-state index contributed by atoms with van der Waals surface area (Å²) in [7, 11) is 0. The number of amides is 1. The molecule has 0 unspecified atom stereocenters. The molecule has 1 aromatic carbocycles. The van der Waals surface area contributed by atoms with Gasteiger partial charge in [0.1, 0.15) is 0 Å². The molecule has 0 aromatic heterocycles. The van der Waals surface area contributed by atoms with E-state index in [-0.39, 0.29) is 5.91 Å². The van der Waals surface area contributed by atoms with Crippen molar-refractivity contribution in [3.63, 3.8) is 0 Å². The van der Waals surface area contributed by atoms with Crippen molar-refractivity contribution in [2.24, 2.45) is 0 Å². The predicted molar refractivity (Wildman–Crippen MR) is 62.3 cm³/mol. The first-order valence-electron chi connectivity index (χ1n) is 4.26. The summed E-state index contributed by atoms with van der Waals surface area (Å²) in [6.07, 6.45) is 0. The molecular weight excluding hydrogens is 244 g/mol. The van der Waals surface area contributed by atoms with Crippen molar-refractivity contribution in [3.8, 4) is 0 Å². The second-order valence-electron chi connectivity index (χ2n) is 3.28. The van der Waals surface area contributed by atoms with Crippen molar-refractivity contribution < 1.29 is 4.79 Å². The molecule has 1 aromatic rings. The summed E-state index contributed by atoms with van der Waals surface area (Å²) in [5.41, 5.74) is 9.21. The Kier molecular flexibility index (Phi) is 3.16. The van der Waals surface area contributed by atoms with Gasteiger partial charge in [-0.1, -0.05) is 0 Å². The third kappa shape index (κ3) is 2.07. The fourth-order valence-electron chi connectivity index (χ4n) is 1.20. The van der Waals surface area contributed by atoms with Crippen LogP contribution in [0.2, 0.25) is 0 Å². The molecule has 14 heavy (non-hydrogen) atoms. The highest BCUT2D eigenvalue weighted by molar-refractivity contribution is 9.10. The number of aryl methyl sites for hydroxylation is 1. The fourth-order valence-corrected chi connectivity index (χ4v) is 1.84. The molecule has 3 nitrogen and oxygen atoms in total. The number of nitrogen functional groups attached to an aromatic ring is 1. The number of anilines is 2. The summed E-state index contributed by atoms with van der Waals surface area (Å²) in [5.74, 6) is -0.124. The van der Waals surface area contributed by atoms with Gasteiger partial charge >= 0.3 is 0 Å². The summed E-state index contributed by atoms with van der Waals surface area (Å²) < 4.78 is 0.852. The molecule has 1 rings (SSSR count). The Morgan fingerprint density at radius 3 is 2.57 bits per heavy atom. The summed E-state index contributed by atoms with van der Waals surface area (Å²) >= 11 is 3.42. The quantitative estimate of drug-likeness (QED) is 0.760. The first kappa shape index (κ1) is 11.0. The summed E-state index contributed by atoms with van der Waals surface area (Å²) in [5, 5.41) is 2.70. The Hall–Kier alpha value is -1.03. The summed E-state index contributed by atoms with van der Waals surface area (Å²) in [6.45, 7) is 5.42. The zero-order chi connectivity index (χ0) is 10.9. The maximum atomic E-state index is 10.9. The van der Waals surface area contributed by atoms with Crippen molar-refractivity contribution in [2.45, 2.75) is 20.8 Å². The summed E-state index contributed by atoms with van der Waals surface area (Å²) in [4.78, 5) is 10.9. The smallest absolute Gasteiger partial charge is 0.221 e. The lowest BCUT2D eigenvalue weighted by molar-refractivity contribution is -0.114. The molecule has 4 heteroatoms. The second-order valence-corrected chi connectivity index (χ2v) is 4.07. The van der Waals surface area contributed by atoms with Crippen LogP contribution in [0.4, 0.5) is 11.4 Å². The molecule has 0 aliphatic rings. The molecule has 0 atom stereocenters. The third-order valence-corrected chi connectivity index (χ3v) is 3.09. The molecule has 3 N–H and O–H groups in total. The minimum absolute atomic E-state index is 0.124. The van der Waals surface area contributed by atoms with E-state index in [1.54, 1.807) is 0 Å². The van der Waals surface area contributed by atoms with Crippen molar-refractivity contribution in [1.82, 2.24) is 0 Å². The zero-order valence-electron chi connectivity index (χ0n) is 8.44. The number of nitrogens with two attached hydrogens (primary N) is 1. The van der Waals surface area contributed by atoms with Crippen molar-refractivity contribution in [2.75, 3.05) is 11.1 Å². The molecular formula is C10H13BrN2O. The van der Waals surface area contributed by atoms with Gasteiger partial charge in [0, 0.05) is 11.4 Å². The van der Waals surface area contributed by atoms with Crippen molar-refractivity contribution in [1.29, 1.82) is 0 Å². The SMILES string of the molecule is CC(=O)Nc1c(N)cc(C)c(C)c1Br. The fraction of sp³-hybridized carbons (Fsp3) is 0.300. The highest BCUT2D eigenvalue weighted by atomic mass is 79.9. The van der Waals surface area contributed by atoms with Crippen LogP contribution in [0.25, 0.3) is 0 Å². The molecule has 0 heterocycles. The molecule has 0 saturated heterocycles. The molecule has 0 bridgehead atoms. The molecule has 0 saturated carbocycles. The third-order valence-electron chi connectivity index (χ3n) is 2.10. The Balaban J connectivity index is 3.29. The Morgan fingerprint density at radius 2 is 2.07 bits per heavy atom. The van der Waals surface area contributed by atoms with E-state index in [2.05, 4.69) is 21.2 Å². The Bertz CT molecular complexity index is 388. The number of hydrogen-bond acceptors (Lipinski definition) is 2. The van der Waals surface area contributed by atoms with Crippen LogP contribution >= 0.6 is 15.9 Å². The van der Waals surface area contributed by atoms with E-state index in [0.29, 0.717) is 11.4 Å². The van der Waals surface area contributed by atoms with Crippen LogP contribution in [0.15, 0.2) is 10.5 Å². The van der Waals surface area contributed by atoms with Gasteiger partial charge in [-0.05, 0) is 47.0 Å². The predicted octanol–water partition coefficient (Wildman–Crippen LogP) is 2.61. The molecule has 1 amide bonds. The van der Waals surface area contributed by atoms with Crippen LogP contribution in [-0.2, 0) is 4.79 Å². The maximum absolute atomic E-state index is 10.9. The van der Waals surface area contributed by atoms with E-state index in [9.17, 15) is 4.79 Å². The molecule has 0 fully saturated rings. The van der Waals surface area contributed by atoms with Gasteiger partial charge in [0.15, 0.2) is 0 Å². The van der Waals surface area contributed by atoms with E-state index in [0.717, 1.165) is 15.6 Å². The molecule has 0 aliphatic heterocycles. The van der Waals surface area contributed by atoms with Gasteiger partial charge < -0.3 is 11.1 Å². The van der Waals surface area contributed by atoms with Crippen LogP contribution in [0.3, 0.4) is 0 Å². The number of hydrogen-bond donors (Lipinski definition) is 2. The van der Waals surface area contributed by atoms with Crippen LogP contribution in [-0.4, -0.2) is 5.91 Å². The van der Waals surface area contributed by atoms with Gasteiger partial charge in [-0.25, -0.2) is 0 Å². The average molecular weight is 257 g/mol. The maximum Gasteiger partial charge on any atom is 0.221 e. The van der Waals surface area contributed by atoms with E-state index >= 15 is 0 Å². The Morgan fingerprint density at radius 1 is 1.50 bits per heavy atom. The number of carbonyl (C=O) groups is 1. The molecule has 0 spiro atoms. The van der Waals surface area contributed by atoms with Gasteiger partial charge in [-0.3, -0.25) is 4.79 Å². The van der Waals surface area contributed by atoms with Crippen LogP contribution in [0.5, 0.6) is 0 Å². The van der Waals surface area contributed by atoms with Gasteiger partial charge in [0.05, 0.1) is 11.4 Å². The van der Waals surface area contributed by atoms with Crippen molar-refractivity contribution in [3.05, 3.63) is 21.7 Å². The largest absolute Gasteiger partial charge is 0.397 e. The average Bonchev–Trinajstić information content (AvgIpc) is 2.09. The lowest BCUT2D eigenvalue weighted by atomic mass is 10.1. The Labute approximate surface area is 91.8 Å². The number of carbonyl (C=O) groups excluding carboxylic acids is 1. The topological polar surface area (TPSA) is 55.1 Å². The number of benzene rings is 1. The number of halogens is 1. The van der Waals surface area contributed by atoms with E-state index in [1.165, 1.54) is 6.92 Å². The molecule has 76 valence electrons. The molecule has 0 aliphatic carbocycles. The van der Waals surface area contributed by atoms with E-state index in [4.69, 9.17) is 5.73 Å². The zero-order valence-corrected chi connectivity index (χ0v) is 10.0. The van der Waals surface area contributed by atoms with Crippen LogP contribution in [0, 0.1) is 13.8 Å². The normalized spacial score (nSPS) is 10.0. The van der Waals surface area contributed by atoms with Gasteiger partial charge in [-0.2, -0.15) is 0 Å². The van der Waals surface area contributed by atoms with E-state index < -0.39 is 0 Å². The highest BCUT2D eigenvalue weighted by Crippen LogP contribution is 2.33. The monoisotopic (exact) mass is 256 g/mol. The first-order valence-corrected chi connectivity index (χ1v) is 5.05. The van der Waals surface area contributed by atoms with Crippen LogP contribution < -0.4 is 11.1 Å².